The largest absolute Gasteiger partial charge is 0.0622 e. The molecular formula is C46H30. The van der Waals surface area contributed by atoms with Crippen molar-refractivity contribution in [2.45, 2.75) is 0 Å². The minimum atomic E-state index is 1.22. The van der Waals surface area contributed by atoms with Gasteiger partial charge in [0.25, 0.3) is 0 Å². The maximum Gasteiger partial charge on any atom is -0.00199 e. The molecule has 0 radical (unpaired) electrons. The summed E-state index contributed by atoms with van der Waals surface area (Å²) < 4.78 is 0. The average molecular weight is 583 g/mol. The van der Waals surface area contributed by atoms with Gasteiger partial charge in [-0.15, -0.1) is 0 Å². The van der Waals surface area contributed by atoms with Gasteiger partial charge >= 0.3 is 0 Å². The molecule has 0 bridgehead atoms. The third-order valence-electron chi connectivity index (χ3n) is 9.43. The van der Waals surface area contributed by atoms with E-state index in [9.17, 15) is 0 Å². The molecule has 0 heteroatoms. The van der Waals surface area contributed by atoms with Gasteiger partial charge < -0.3 is 0 Å². The van der Waals surface area contributed by atoms with Crippen molar-refractivity contribution in [3.63, 3.8) is 0 Å². The summed E-state index contributed by atoms with van der Waals surface area (Å²) >= 11 is 0. The fourth-order valence-corrected chi connectivity index (χ4v) is 7.41. The summed E-state index contributed by atoms with van der Waals surface area (Å²) in [4.78, 5) is 0. The molecule has 9 rings (SSSR count). The van der Waals surface area contributed by atoms with Gasteiger partial charge in [0.15, 0.2) is 0 Å². The van der Waals surface area contributed by atoms with Crippen molar-refractivity contribution in [3.05, 3.63) is 182 Å². The molecule has 0 atom stereocenters. The summed E-state index contributed by atoms with van der Waals surface area (Å²) in [5.74, 6) is 0. The van der Waals surface area contributed by atoms with Crippen LogP contribution in [0.25, 0.3) is 87.6 Å². The average Bonchev–Trinajstić information content (AvgIpc) is 3.13. The molecule has 214 valence electrons. The van der Waals surface area contributed by atoms with Gasteiger partial charge in [-0.25, -0.2) is 0 Å². The Hall–Kier alpha value is -5.98. The molecule has 0 spiro atoms. The molecule has 46 heavy (non-hydrogen) atoms. The Balaban J connectivity index is 1.45. The van der Waals surface area contributed by atoms with E-state index in [1.54, 1.807) is 0 Å². The van der Waals surface area contributed by atoms with E-state index in [0.717, 1.165) is 0 Å². The molecule has 0 aliphatic carbocycles. The van der Waals surface area contributed by atoms with Gasteiger partial charge in [0.1, 0.15) is 0 Å². The summed E-state index contributed by atoms with van der Waals surface area (Å²) in [5, 5.41) is 10.1. The van der Waals surface area contributed by atoms with E-state index >= 15 is 0 Å². The van der Waals surface area contributed by atoms with E-state index in [-0.39, 0.29) is 0 Å². The molecule has 0 unspecified atom stereocenters. The van der Waals surface area contributed by atoms with Crippen molar-refractivity contribution < 1.29 is 0 Å². The zero-order valence-electron chi connectivity index (χ0n) is 25.3. The highest BCUT2D eigenvalue weighted by Gasteiger charge is 2.22. The van der Waals surface area contributed by atoms with Gasteiger partial charge in [-0.1, -0.05) is 170 Å². The lowest BCUT2D eigenvalue weighted by Gasteiger charge is -2.22. The van der Waals surface area contributed by atoms with E-state index in [1.165, 1.54) is 87.6 Å². The van der Waals surface area contributed by atoms with Crippen molar-refractivity contribution in [1.82, 2.24) is 0 Å². The smallest absolute Gasteiger partial charge is 0.00199 e. The quantitative estimate of drug-likeness (QED) is 0.181. The number of fused-ring (bicyclic) bond motifs is 4. The topological polar surface area (TPSA) is 0 Å². The van der Waals surface area contributed by atoms with Gasteiger partial charge in [-0.05, 0) is 99.7 Å². The van der Waals surface area contributed by atoms with Gasteiger partial charge in [-0.3, -0.25) is 0 Å². The highest BCUT2D eigenvalue weighted by molar-refractivity contribution is 6.25. The summed E-state index contributed by atoms with van der Waals surface area (Å²) in [5.41, 5.74) is 10.0. The summed E-state index contributed by atoms with van der Waals surface area (Å²) in [6.07, 6.45) is 0. The van der Waals surface area contributed by atoms with Crippen molar-refractivity contribution >= 4 is 43.1 Å². The minimum Gasteiger partial charge on any atom is -0.0622 e. The normalized spacial score (nSPS) is 11.5. The first-order chi connectivity index (χ1) is 22.8. The molecule has 9 aromatic carbocycles. The van der Waals surface area contributed by atoms with Crippen LogP contribution in [-0.4, -0.2) is 0 Å². The van der Waals surface area contributed by atoms with Crippen LogP contribution in [0.3, 0.4) is 0 Å². The van der Waals surface area contributed by atoms with Gasteiger partial charge in [-0.2, -0.15) is 0 Å². The summed E-state index contributed by atoms with van der Waals surface area (Å²) in [6, 6.07) is 66.6. The molecule has 0 aliphatic heterocycles. The molecule has 0 heterocycles. The molecule has 0 aliphatic rings. The second kappa shape index (κ2) is 10.9. The van der Waals surface area contributed by atoms with Crippen LogP contribution in [0.2, 0.25) is 0 Å². The Kier molecular flexibility index (Phi) is 6.25. The molecule has 0 fully saturated rings. The Morgan fingerprint density at radius 2 is 0.630 bits per heavy atom. The van der Waals surface area contributed by atoms with Gasteiger partial charge in [0, 0.05) is 0 Å². The molecular weight excluding hydrogens is 553 g/mol. The molecule has 0 N–H and O–H groups in total. The Morgan fingerprint density at radius 3 is 1.20 bits per heavy atom. The number of hydrogen-bond donors (Lipinski definition) is 0. The van der Waals surface area contributed by atoms with Crippen LogP contribution in [0.5, 0.6) is 0 Å². The van der Waals surface area contributed by atoms with E-state index in [2.05, 4.69) is 182 Å². The standard InChI is InChI=1S/C46H30/c1-3-15-31(16-4-1)42-29-34-20-7-8-21-35(34)30-43(42)46-39-25-13-11-23-37(39)45(38-24-12-14-26-40(38)46)41-28-27-32-17-9-10-22-36(32)44(41)33-18-5-2-6-19-33/h1-30H. The van der Waals surface area contributed by atoms with Crippen molar-refractivity contribution in [2.75, 3.05) is 0 Å². The first kappa shape index (κ1) is 26.4. The number of hydrogen-bond acceptors (Lipinski definition) is 0. The third kappa shape index (κ3) is 4.23. The van der Waals surface area contributed by atoms with Crippen LogP contribution in [-0.2, 0) is 0 Å². The molecule has 0 nitrogen and oxygen atoms in total. The predicted octanol–water partition coefficient (Wildman–Crippen LogP) is 13.0. The van der Waals surface area contributed by atoms with Crippen molar-refractivity contribution in [1.29, 1.82) is 0 Å². The van der Waals surface area contributed by atoms with E-state index in [4.69, 9.17) is 0 Å². The van der Waals surface area contributed by atoms with Crippen molar-refractivity contribution in [2.24, 2.45) is 0 Å². The second-order valence-corrected chi connectivity index (χ2v) is 12.0. The lowest BCUT2D eigenvalue weighted by molar-refractivity contribution is 1.62. The van der Waals surface area contributed by atoms with Crippen LogP contribution in [0, 0.1) is 0 Å². The van der Waals surface area contributed by atoms with Crippen LogP contribution in [0.1, 0.15) is 0 Å². The van der Waals surface area contributed by atoms with Crippen LogP contribution < -0.4 is 0 Å². The van der Waals surface area contributed by atoms with E-state index in [0.29, 0.717) is 0 Å². The SMILES string of the molecule is c1ccc(-c2cc3ccccc3cc2-c2c3ccccc3c(-c3ccc4ccccc4c3-c3ccccc3)c3ccccc23)cc1. The number of rotatable bonds is 4. The maximum atomic E-state index is 2.40. The van der Waals surface area contributed by atoms with Crippen molar-refractivity contribution in [3.8, 4) is 44.5 Å². The summed E-state index contributed by atoms with van der Waals surface area (Å²) in [7, 11) is 0. The highest BCUT2D eigenvalue weighted by Crippen LogP contribution is 2.49. The van der Waals surface area contributed by atoms with Gasteiger partial charge in [0.2, 0.25) is 0 Å². The fourth-order valence-electron chi connectivity index (χ4n) is 7.41. The minimum absolute atomic E-state index is 1.22. The Labute approximate surface area is 268 Å². The van der Waals surface area contributed by atoms with Crippen LogP contribution in [0.15, 0.2) is 182 Å². The molecule has 0 saturated carbocycles. The van der Waals surface area contributed by atoms with Crippen LogP contribution >= 0.6 is 0 Å². The molecule has 0 amide bonds. The van der Waals surface area contributed by atoms with Crippen LogP contribution in [0.4, 0.5) is 0 Å². The Morgan fingerprint density at radius 1 is 0.217 bits per heavy atom. The molecule has 9 aromatic rings. The summed E-state index contributed by atoms with van der Waals surface area (Å²) in [6.45, 7) is 0. The lowest BCUT2D eigenvalue weighted by atomic mass is 9.81. The highest BCUT2D eigenvalue weighted by atomic mass is 14.2. The predicted molar refractivity (Wildman–Crippen MR) is 198 cm³/mol. The van der Waals surface area contributed by atoms with E-state index < -0.39 is 0 Å². The maximum absolute atomic E-state index is 2.40. The number of benzene rings is 9. The first-order valence-electron chi connectivity index (χ1n) is 15.9. The second-order valence-electron chi connectivity index (χ2n) is 12.0. The first-order valence-corrected chi connectivity index (χ1v) is 15.9. The van der Waals surface area contributed by atoms with E-state index in [1.807, 2.05) is 0 Å². The zero-order valence-corrected chi connectivity index (χ0v) is 25.3. The fraction of sp³-hybridized carbons (Fsp3) is 0. The zero-order chi connectivity index (χ0) is 30.5. The molecule has 0 aromatic heterocycles. The third-order valence-corrected chi connectivity index (χ3v) is 9.43. The molecule has 0 saturated heterocycles. The van der Waals surface area contributed by atoms with Gasteiger partial charge in [0.05, 0.1) is 0 Å². The Bertz CT molecular complexity index is 2440. The lowest BCUT2D eigenvalue weighted by Crippen LogP contribution is -1.95. The monoisotopic (exact) mass is 582 g/mol.